The highest BCUT2D eigenvalue weighted by Gasteiger charge is 2.35. The fourth-order valence-corrected chi connectivity index (χ4v) is 2.37. The molecule has 5 heteroatoms. The van der Waals surface area contributed by atoms with E-state index in [1.807, 2.05) is 35.2 Å². The topological polar surface area (TPSA) is 29.1 Å². The van der Waals surface area contributed by atoms with E-state index in [1.54, 1.807) is 4.57 Å². The van der Waals surface area contributed by atoms with Crippen molar-refractivity contribution in [3.63, 3.8) is 0 Å². The fourth-order valence-electron chi connectivity index (χ4n) is 2.37. The zero-order valence-corrected chi connectivity index (χ0v) is 13.7. The Morgan fingerprint density at radius 1 is 1.39 bits per heavy atom. The van der Waals surface area contributed by atoms with Crippen molar-refractivity contribution in [3.8, 4) is 0 Å². The van der Waals surface area contributed by atoms with Gasteiger partial charge in [-0.3, -0.25) is 0 Å². The molecule has 0 bridgehead atoms. The summed E-state index contributed by atoms with van der Waals surface area (Å²) in [4.78, 5) is 14.2. The van der Waals surface area contributed by atoms with Gasteiger partial charge < -0.3 is 28.9 Å². The van der Waals surface area contributed by atoms with Crippen molar-refractivity contribution in [2.75, 3.05) is 13.1 Å². The molecular weight excluding hydrogens is 341 g/mol. The van der Waals surface area contributed by atoms with E-state index < -0.39 is 0 Å². The number of nitrogens with zero attached hydrogens (tertiary/aromatic N) is 3. The summed E-state index contributed by atoms with van der Waals surface area (Å²) in [6.07, 6.45) is 6.62. The van der Waals surface area contributed by atoms with Gasteiger partial charge in [-0.05, 0) is 17.8 Å². The quantitative estimate of drug-likeness (QED) is 0.414. The molecule has 1 saturated heterocycles. The number of aromatic nitrogens is 2. The third kappa shape index (κ3) is 3.24. The Morgan fingerprint density at radius 2 is 2.06 bits per heavy atom. The molecule has 2 heterocycles. The molecule has 0 spiro atoms. The van der Waals surface area contributed by atoms with Gasteiger partial charge in [-0.25, -0.2) is 9.36 Å². The minimum atomic E-state index is 0. The van der Waals surface area contributed by atoms with Crippen LogP contribution in [0, 0.1) is 11.3 Å². The maximum absolute atomic E-state index is 12.2. The van der Waals surface area contributed by atoms with E-state index in [0.717, 1.165) is 19.5 Å². The van der Waals surface area contributed by atoms with Crippen LogP contribution in [-0.4, -0.2) is 28.6 Å². The number of carbonyl (C=O) groups excluding carboxylic acids is 1. The van der Waals surface area contributed by atoms with Crippen LogP contribution in [0.1, 0.15) is 27.2 Å². The highest BCUT2D eigenvalue weighted by atomic mass is 127. The first-order chi connectivity index (χ1) is 7.88. The molecule has 1 fully saturated rings. The Hall–Kier alpha value is -0.590. The molecule has 18 heavy (non-hydrogen) atoms. The first-order valence-corrected chi connectivity index (χ1v) is 6.20. The van der Waals surface area contributed by atoms with Crippen LogP contribution >= 0.6 is 0 Å². The van der Waals surface area contributed by atoms with Crippen LogP contribution in [0.5, 0.6) is 0 Å². The average molecular weight is 363 g/mol. The number of hydrogen-bond donors (Lipinski definition) is 0. The molecular formula is C13H22IN3O. The maximum atomic E-state index is 12.2. The first-order valence-electron chi connectivity index (χ1n) is 6.20. The maximum Gasteiger partial charge on any atom is 0.415 e. The molecule has 1 amide bonds. The summed E-state index contributed by atoms with van der Waals surface area (Å²) in [5.74, 6) is 0.607. The summed E-state index contributed by atoms with van der Waals surface area (Å²) in [5.41, 5.74) is 0.288. The van der Waals surface area contributed by atoms with Crippen LogP contribution in [-0.2, 0) is 7.05 Å². The largest absolute Gasteiger partial charge is 1.00 e. The minimum Gasteiger partial charge on any atom is -1.00 e. The van der Waals surface area contributed by atoms with E-state index in [2.05, 4.69) is 20.8 Å². The highest BCUT2D eigenvalue weighted by Crippen LogP contribution is 2.33. The van der Waals surface area contributed by atoms with Crippen LogP contribution in [0.25, 0.3) is 0 Å². The van der Waals surface area contributed by atoms with Gasteiger partial charge in [-0.2, -0.15) is 4.57 Å². The standard InChI is InChI=1S/C13H22N3O.HI/c1-13(2,3)11-5-6-15(9-11)12(17)16-8-7-14(4)10-16;/h7-8,10-11H,5-6,9H2,1-4H3;1H/q+1;/p-1. The second-order valence-corrected chi connectivity index (χ2v) is 6.07. The fraction of sp³-hybridized carbons (Fsp3) is 0.692. The second-order valence-electron chi connectivity index (χ2n) is 6.07. The van der Waals surface area contributed by atoms with Gasteiger partial charge in [0.15, 0.2) is 0 Å². The number of likely N-dealkylation sites (tertiary alicyclic amines) is 1. The Morgan fingerprint density at radius 3 is 2.50 bits per heavy atom. The molecule has 1 unspecified atom stereocenters. The zero-order chi connectivity index (χ0) is 12.6. The summed E-state index contributed by atoms with van der Waals surface area (Å²) in [6, 6.07) is 0.0948. The van der Waals surface area contributed by atoms with Gasteiger partial charge >= 0.3 is 6.03 Å². The van der Waals surface area contributed by atoms with E-state index in [4.69, 9.17) is 0 Å². The molecule has 1 aliphatic heterocycles. The van der Waals surface area contributed by atoms with Crippen LogP contribution < -0.4 is 28.5 Å². The van der Waals surface area contributed by atoms with Crippen LogP contribution in [0.2, 0.25) is 0 Å². The SMILES string of the molecule is C[n+]1ccn(C(=O)N2CCC(C(C)(C)C)C2)c1.[I-]. The molecule has 0 saturated carbocycles. The van der Waals surface area contributed by atoms with Crippen molar-refractivity contribution in [2.45, 2.75) is 27.2 Å². The smallest absolute Gasteiger partial charge is 0.415 e. The highest BCUT2D eigenvalue weighted by molar-refractivity contribution is 5.76. The lowest BCUT2D eigenvalue weighted by Crippen LogP contribution is -3.00. The van der Waals surface area contributed by atoms with Gasteiger partial charge in [-0.15, -0.1) is 0 Å². The molecule has 2 rings (SSSR count). The van der Waals surface area contributed by atoms with Gasteiger partial charge in [-0.1, -0.05) is 20.8 Å². The molecule has 4 nitrogen and oxygen atoms in total. The van der Waals surface area contributed by atoms with Gasteiger partial charge in [0, 0.05) is 13.1 Å². The third-order valence-electron chi connectivity index (χ3n) is 3.67. The van der Waals surface area contributed by atoms with Crippen molar-refractivity contribution in [3.05, 3.63) is 18.7 Å². The predicted molar refractivity (Wildman–Crippen MR) is 65.5 cm³/mol. The van der Waals surface area contributed by atoms with E-state index >= 15 is 0 Å². The number of amides is 1. The number of rotatable bonds is 0. The van der Waals surface area contributed by atoms with Crippen LogP contribution in [0.3, 0.4) is 0 Å². The summed E-state index contributed by atoms with van der Waals surface area (Å²) < 4.78 is 3.54. The predicted octanol–water partition coefficient (Wildman–Crippen LogP) is -1.35. The Kier molecular flexibility index (Phi) is 4.80. The first kappa shape index (κ1) is 15.5. The Bertz CT molecular complexity index is 422. The second kappa shape index (κ2) is 5.59. The van der Waals surface area contributed by atoms with Gasteiger partial charge in [0.25, 0.3) is 6.33 Å². The molecule has 1 aromatic rings. The number of hydrogen-bond acceptors (Lipinski definition) is 1. The van der Waals surface area contributed by atoms with Gasteiger partial charge in [0.05, 0.1) is 7.05 Å². The molecule has 102 valence electrons. The Balaban J connectivity index is 0.00000162. The normalized spacial score (nSPS) is 19.8. The van der Waals surface area contributed by atoms with E-state index in [1.165, 1.54) is 0 Å². The van der Waals surface area contributed by atoms with Gasteiger partial charge in [0.2, 0.25) is 0 Å². The average Bonchev–Trinajstić information content (AvgIpc) is 2.83. The van der Waals surface area contributed by atoms with E-state index in [9.17, 15) is 4.79 Å². The molecule has 0 aromatic carbocycles. The van der Waals surface area contributed by atoms with Crippen molar-refractivity contribution in [2.24, 2.45) is 18.4 Å². The van der Waals surface area contributed by atoms with Crippen molar-refractivity contribution < 1.29 is 33.3 Å². The summed E-state index contributed by atoms with van der Waals surface area (Å²) in [7, 11) is 1.92. The van der Waals surface area contributed by atoms with Crippen LogP contribution in [0.15, 0.2) is 18.7 Å². The lowest BCUT2D eigenvalue weighted by molar-refractivity contribution is -0.670. The molecule has 1 aromatic heterocycles. The lowest BCUT2D eigenvalue weighted by atomic mass is 9.80. The zero-order valence-electron chi connectivity index (χ0n) is 11.6. The van der Waals surface area contributed by atoms with Crippen molar-refractivity contribution >= 4 is 6.03 Å². The molecule has 0 aliphatic carbocycles. The monoisotopic (exact) mass is 363 g/mol. The van der Waals surface area contributed by atoms with Crippen LogP contribution in [0.4, 0.5) is 4.79 Å². The lowest BCUT2D eigenvalue weighted by Gasteiger charge is -2.26. The van der Waals surface area contributed by atoms with Crippen molar-refractivity contribution in [1.82, 2.24) is 9.47 Å². The molecule has 0 radical (unpaired) electrons. The van der Waals surface area contributed by atoms with Gasteiger partial charge in [0.1, 0.15) is 12.4 Å². The number of halogens is 1. The van der Waals surface area contributed by atoms with Crippen molar-refractivity contribution in [1.29, 1.82) is 0 Å². The van der Waals surface area contributed by atoms with E-state index in [0.29, 0.717) is 5.92 Å². The molecule has 1 atom stereocenters. The minimum absolute atomic E-state index is 0. The number of carbonyl (C=O) groups is 1. The molecule has 1 aliphatic rings. The summed E-state index contributed by atoms with van der Waals surface area (Å²) in [5, 5.41) is 0. The van der Waals surface area contributed by atoms with E-state index in [-0.39, 0.29) is 35.4 Å². The third-order valence-corrected chi connectivity index (χ3v) is 3.67. The summed E-state index contributed by atoms with van der Waals surface area (Å²) >= 11 is 0. The Labute approximate surface area is 126 Å². The number of aryl methyl sites for hydroxylation is 1. The molecule has 0 N–H and O–H groups in total. The number of imidazole rings is 1. The summed E-state index contributed by atoms with van der Waals surface area (Å²) in [6.45, 7) is 8.51.